The van der Waals surface area contributed by atoms with Crippen molar-refractivity contribution in [1.29, 1.82) is 0 Å². The Morgan fingerprint density at radius 2 is 1.22 bits per heavy atom. The van der Waals surface area contributed by atoms with Gasteiger partial charge in [0.05, 0.1) is 12.5 Å². The van der Waals surface area contributed by atoms with Gasteiger partial charge in [-0.1, -0.05) is 38.1 Å². The second kappa shape index (κ2) is 26.6. The van der Waals surface area contributed by atoms with E-state index in [1.807, 2.05) is 0 Å². The lowest BCUT2D eigenvalue weighted by atomic mass is 10.0. The normalized spacial score (nSPS) is 15.9. The van der Waals surface area contributed by atoms with Crippen LogP contribution in [0, 0.1) is 5.92 Å². The van der Waals surface area contributed by atoms with Gasteiger partial charge in [0.2, 0.25) is 41.4 Å². The number of hydrogen-bond acceptors (Lipinski definition) is 13. The summed E-state index contributed by atoms with van der Waals surface area (Å²) in [5.41, 5.74) is 23.3. The van der Waals surface area contributed by atoms with E-state index in [-0.39, 0.29) is 81.4 Å². The number of carbonyl (C=O) groups is 9. The van der Waals surface area contributed by atoms with Crippen LogP contribution < -0.4 is 49.5 Å². The number of nitrogens with one attached hydrogen (secondary N) is 5. The van der Waals surface area contributed by atoms with Gasteiger partial charge in [-0.05, 0) is 86.3 Å². The number of carboxylic acids is 2. The Hall–Kier alpha value is -7.50. The number of rotatable bonds is 27. The van der Waals surface area contributed by atoms with E-state index in [0.29, 0.717) is 17.5 Å². The Kier molecular flexibility index (Phi) is 21.4. The monoisotopic (exact) mass is 953 g/mol. The molecule has 1 aliphatic rings. The van der Waals surface area contributed by atoms with E-state index in [2.05, 4.69) is 31.6 Å². The molecule has 1 aliphatic heterocycles. The van der Waals surface area contributed by atoms with Gasteiger partial charge in [-0.2, -0.15) is 0 Å². The highest BCUT2D eigenvalue weighted by Gasteiger charge is 2.40. The molecule has 0 unspecified atom stereocenters. The molecule has 1 fully saturated rings. The lowest BCUT2D eigenvalue weighted by molar-refractivity contribution is -0.143. The van der Waals surface area contributed by atoms with Crippen molar-refractivity contribution in [2.75, 3.05) is 13.1 Å². The molecule has 1 heterocycles. The quantitative estimate of drug-likeness (QED) is 0.0251. The molecule has 2 aromatic carbocycles. The topological polar surface area (TPSA) is 414 Å². The minimum absolute atomic E-state index is 0.00105. The van der Waals surface area contributed by atoms with Crippen LogP contribution in [-0.4, -0.2) is 140 Å². The number of aromatic hydroxyl groups is 2. The minimum atomic E-state index is -1.70. The molecule has 2 aromatic rings. The molecule has 24 heteroatoms. The molecule has 0 spiro atoms. The summed E-state index contributed by atoms with van der Waals surface area (Å²) in [4.78, 5) is 124. The smallest absolute Gasteiger partial charge is 0.326 e. The number of phenolic OH excluding ortho intramolecular Hbond substituents is 2. The summed E-state index contributed by atoms with van der Waals surface area (Å²) < 4.78 is 0. The fourth-order valence-electron chi connectivity index (χ4n) is 7.32. The van der Waals surface area contributed by atoms with Gasteiger partial charge >= 0.3 is 11.9 Å². The molecule has 0 bridgehead atoms. The molecule has 7 atom stereocenters. The summed E-state index contributed by atoms with van der Waals surface area (Å²) in [6.45, 7) is 3.64. The fourth-order valence-corrected chi connectivity index (χ4v) is 7.32. The number of hydrogen-bond donors (Lipinski definition) is 13. The number of nitrogens with zero attached hydrogens (tertiary/aromatic N) is 2. The van der Waals surface area contributed by atoms with Crippen LogP contribution in [0.25, 0.3) is 0 Å². The van der Waals surface area contributed by atoms with Gasteiger partial charge in [0, 0.05) is 25.9 Å². The highest BCUT2D eigenvalue weighted by molar-refractivity contribution is 5.98. The Labute approximate surface area is 392 Å². The van der Waals surface area contributed by atoms with Crippen LogP contribution in [0.4, 0.5) is 0 Å². The predicted octanol–water partition coefficient (Wildman–Crippen LogP) is -2.45. The van der Waals surface area contributed by atoms with E-state index in [1.165, 1.54) is 41.3 Å². The lowest BCUT2D eigenvalue weighted by Gasteiger charge is -2.31. The number of likely N-dealkylation sites (tertiary alicyclic amines) is 1. The van der Waals surface area contributed by atoms with E-state index < -0.39 is 108 Å². The predicted molar refractivity (Wildman–Crippen MR) is 244 cm³/mol. The summed E-state index contributed by atoms with van der Waals surface area (Å²) in [6, 6.07) is 1.71. The van der Waals surface area contributed by atoms with E-state index in [0.717, 1.165) is 0 Å². The number of guanidine groups is 1. The summed E-state index contributed by atoms with van der Waals surface area (Å²) in [6.07, 6.45) is -1.38. The highest BCUT2D eigenvalue weighted by Crippen LogP contribution is 2.22. The second-order valence-electron chi connectivity index (χ2n) is 16.9. The molecule has 0 aromatic heterocycles. The molecule has 68 heavy (non-hydrogen) atoms. The van der Waals surface area contributed by atoms with Crippen molar-refractivity contribution in [3.63, 3.8) is 0 Å². The maximum Gasteiger partial charge on any atom is 0.326 e. The molecule has 0 radical (unpaired) electrons. The Morgan fingerprint density at radius 3 is 1.76 bits per heavy atom. The third-order valence-electron chi connectivity index (χ3n) is 10.8. The van der Waals surface area contributed by atoms with E-state index in [4.69, 9.17) is 22.9 Å². The maximum absolute atomic E-state index is 14.3. The Morgan fingerprint density at radius 1 is 0.691 bits per heavy atom. The third-order valence-corrected chi connectivity index (χ3v) is 10.8. The first-order chi connectivity index (χ1) is 32.0. The first-order valence-electron chi connectivity index (χ1n) is 22.0. The fraction of sp³-hybridized carbons (Fsp3) is 0.500. The molecule has 0 saturated carbocycles. The van der Waals surface area contributed by atoms with E-state index in [9.17, 15) is 63.6 Å². The van der Waals surface area contributed by atoms with Crippen molar-refractivity contribution in [2.45, 2.75) is 120 Å². The number of aliphatic carboxylic acids is 2. The summed E-state index contributed by atoms with van der Waals surface area (Å²) in [7, 11) is 0. The molecule has 372 valence electrons. The molecule has 0 aliphatic carbocycles. The zero-order valence-electron chi connectivity index (χ0n) is 37.9. The van der Waals surface area contributed by atoms with Gasteiger partial charge in [0.25, 0.3) is 0 Å². The van der Waals surface area contributed by atoms with Crippen LogP contribution in [0.5, 0.6) is 11.5 Å². The number of benzene rings is 2. The second-order valence-corrected chi connectivity index (χ2v) is 16.9. The number of carboxylic acid groups (broad SMARTS) is 2. The number of primary amides is 1. The number of amides is 7. The van der Waals surface area contributed by atoms with Gasteiger partial charge < -0.3 is 74.8 Å². The molecule has 3 rings (SSSR count). The van der Waals surface area contributed by atoms with E-state index >= 15 is 0 Å². The van der Waals surface area contributed by atoms with Gasteiger partial charge in [-0.25, -0.2) is 4.79 Å². The third kappa shape index (κ3) is 18.4. The minimum Gasteiger partial charge on any atom is -0.508 e. The number of nitrogens with two attached hydrogens (primary N) is 4. The van der Waals surface area contributed by atoms with Crippen LogP contribution in [0.1, 0.15) is 76.3 Å². The number of aliphatic imine (C=N–C) groups is 1. The van der Waals surface area contributed by atoms with Crippen LogP contribution >= 0.6 is 0 Å². The molecular weight excluding hydrogens is 891 g/mol. The molecular formula is C44H63N11O13. The molecule has 17 N–H and O–H groups in total. The number of carbonyl (C=O) groups excluding carboxylic acids is 7. The molecule has 1 saturated heterocycles. The van der Waals surface area contributed by atoms with Crippen molar-refractivity contribution in [3.05, 3.63) is 59.7 Å². The Bertz CT molecular complexity index is 2130. The lowest BCUT2D eigenvalue weighted by Crippen LogP contribution is -2.60. The zero-order chi connectivity index (χ0) is 50.7. The average molecular weight is 954 g/mol. The summed E-state index contributed by atoms with van der Waals surface area (Å²) in [5, 5.41) is 51.0. The van der Waals surface area contributed by atoms with Gasteiger partial charge in [-0.15, -0.1) is 0 Å². The first kappa shape index (κ1) is 54.8. The SMILES string of the molecule is CC(C)C[C@H](NC(=O)[C@H](CCC(=O)O)NC(=O)[C@@H](N)Cc1ccc(O)cc1)C(=O)N1CCC[C@H]1C(=O)N[C@@H](CC(N)=O)C(=O)N[C@@H](Cc1ccc(O)cc1)C(=O)N[C@@H](CCCN=C(N)N)C(=O)O. The van der Waals surface area contributed by atoms with Gasteiger partial charge in [0.15, 0.2) is 5.96 Å². The van der Waals surface area contributed by atoms with Crippen LogP contribution in [0.3, 0.4) is 0 Å². The molecule has 24 nitrogen and oxygen atoms in total. The molecule has 7 amide bonds. The van der Waals surface area contributed by atoms with Crippen LogP contribution in [0.15, 0.2) is 53.5 Å². The van der Waals surface area contributed by atoms with Crippen molar-refractivity contribution in [1.82, 2.24) is 31.5 Å². The zero-order valence-corrected chi connectivity index (χ0v) is 37.9. The van der Waals surface area contributed by atoms with Gasteiger partial charge in [0.1, 0.15) is 47.8 Å². The van der Waals surface area contributed by atoms with E-state index in [1.54, 1.807) is 26.0 Å². The summed E-state index contributed by atoms with van der Waals surface area (Å²) in [5.74, 6) is -9.47. The van der Waals surface area contributed by atoms with Crippen molar-refractivity contribution in [2.24, 2.45) is 33.8 Å². The maximum atomic E-state index is 14.3. The van der Waals surface area contributed by atoms with Crippen molar-refractivity contribution in [3.8, 4) is 11.5 Å². The van der Waals surface area contributed by atoms with Crippen LogP contribution in [-0.2, 0) is 56.0 Å². The highest BCUT2D eigenvalue weighted by atomic mass is 16.4. The Balaban J connectivity index is 1.82. The number of phenols is 2. The standard InChI is InChI=1S/C44H63N11O13/c1-23(2)19-33(54-38(62)29(15-16-36(59)60)50-37(61)28(45)20-24-7-11-26(56)12-8-24)42(66)55-18-4-6-34(55)41(65)53-32(22-35(46)58)40(64)52-31(21-25-9-13-27(57)14-10-25)39(63)51-30(43(67)68)5-3-17-49-44(47)48/h7-14,23,28-34,56-57H,3-6,15-22,45H2,1-2H3,(H2,46,58)(H,50,61)(H,51,63)(H,52,64)(H,53,65)(H,54,62)(H,59,60)(H,67,68)(H4,47,48,49)/t28-,29-,30-,31-,32-,33-,34-/m0/s1. The first-order valence-corrected chi connectivity index (χ1v) is 22.0. The van der Waals surface area contributed by atoms with Crippen molar-refractivity contribution >= 4 is 59.2 Å². The summed E-state index contributed by atoms with van der Waals surface area (Å²) >= 11 is 0. The van der Waals surface area contributed by atoms with Crippen LogP contribution in [0.2, 0.25) is 0 Å². The van der Waals surface area contributed by atoms with Crippen molar-refractivity contribution < 1.29 is 63.6 Å². The average Bonchev–Trinajstić information content (AvgIpc) is 3.76. The van der Waals surface area contributed by atoms with Gasteiger partial charge in [-0.3, -0.25) is 43.3 Å². The largest absolute Gasteiger partial charge is 0.508 e.